The van der Waals surface area contributed by atoms with E-state index in [1.807, 2.05) is 6.20 Å². The van der Waals surface area contributed by atoms with Gasteiger partial charge in [-0.1, -0.05) is 125 Å². The predicted molar refractivity (Wildman–Crippen MR) is 293 cm³/mol. The van der Waals surface area contributed by atoms with Gasteiger partial charge in [0.05, 0.1) is 22.4 Å². The minimum absolute atomic E-state index is 0.0487. The summed E-state index contributed by atoms with van der Waals surface area (Å²) >= 11 is 0. The lowest BCUT2D eigenvalue weighted by Crippen LogP contribution is -2.26. The van der Waals surface area contributed by atoms with Crippen LogP contribution in [-0.4, -0.2) is 16.2 Å². The number of hydrogen-bond acceptors (Lipinski definition) is 4. The molecule has 7 aromatic carbocycles. The van der Waals surface area contributed by atoms with Crippen molar-refractivity contribution in [3.8, 4) is 39.6 Å². The molecule has 0 N–H and O–H groups in total. The summed E-state index contributed by atoms with van der Waals surface area (Å²) in [5, 5.41) is 2.28. The van der Waals surface area contributed by atoms with E-state index in [0.29, 0.717) is 12.2 Å². The first kappa shape index (κ1) is 47.4. The molecule has 5 nitrogen and oxygen atoms in total. The van der Waals surface area contributed by atoms with E-state index in [9.17, 15) is 4.39 Å². The van der Waals surface area contributed by atoms with Crippen LogP contribution in [0.5, 0.6) is 11.5 Å². The molecule has 0 spiro atoms. The van der Waals surface area contributed by atoms with E-state index in [-0.39, 0.29) is 34.7 Å². The molecule has 1 aliphatic heterocycles. The van der Waals surface area contributed by atoms with Crippen molar-refractivity contribution in [2.24, 2.45) is 0 Å². The summed E-state index contributed by atoms with van der Waals surface area (Å²) in [5.41, 5.74) is 15.5. The molecule has 0 unspecified atom stereocenters. The number of fused-ring (bicyclic) bond motifs is 4. The van der Waals surface area contributed by atoms with Crippen LogP contribution in [0.4, 0.5) is 31.5 Å². The number of anilines is 4. The Balaban J connectivity index is 1.15. The van der Waals surface area contributed by atoms with Crippen molar-refractivity contribution < 1.29 is 13.5 Å². The van der Waals surface area contributed by atoms with Gasteiger partial charge in [-0.15, -0.1) is 0 Å². The molecule has 360 valence electrons. The molecule has 0 aliphatic carbocycles. The van der Waals surface area contributed by atoms with Crippen LogP contribution in [-0.2, 0) is 5.41 Å². The smallest absolute Gasteiger partial charge is 0.137 e. The number of rotatable bonds is 11. The van der Waals surface area contributed by atoms with Crippen LogP contribution >= 0.6 is 0 Å². The molecule has 0 saturated carbocycles. The molecule has 7 heteroatoms. The monoisotopic (exact) mass is 943 g/mol. The van der Waals surface area contributed by atoms with Crippen LogP contribution in [0.3, 0.4) is 0 Å². The van der Waals surface area contributed by atoms with Gasteiger partial charge >= 0.3 is 0 Å². The maximum atomic E-state index is 15.5. The molecular weight excluding hydrogens is 879 g/mol. The van der Waals surface area contributed by atoms with Crippen molar-refractivity contribution in [3.63, 3.8) is 0 Å². The maximum Gasteiger partial charge on any atom is 0.137 e. The third kappa shape index (κ3) is 8.74. The summed E-state index contributed by atoms with van der Waals surface area (Å²) in [7, 11) is 0. The summed E-state index contributed by atoms with van der Waals surface area (Å²) in [6.07, 6.45) is 1.92. The van der Waals surface area contributed by atoms with E-state index in [1.54, 1.807) is 0 Å². The Morgan fingerprint density at radius 1 is 0.535 bits per heavy atom. The van der Waals surface area contributed by atoms with E-state index < -0.39 is 11.6 Å². The highest BCUT2D eigenvalue weighted by Crippen LogP contribution is 2.51. The van der Waals surface area contributed by atoms with E-state index in [4.69, 9.17) is 9.72 Å². The SMILES string of the molecule is CC(C)c1cccc(C(C)C)c1-c1cc(Oc2ccc3c4ccccc4n(-c4cc(C(C)(C)C)ccn4)c3c2)cc(N2CN(c3c(C(C)C)cc(-c4cc(F)ccc4F)cc3C(C)C)c3ccccc32)c1. The largest absolute Gasteiger partial charge is 0.457 e. The Labute approximate surface area is 418 Å². The average Bonchev–Trinajstić information content (AvgIpc) is 3.89. The highest BCUT2D eigenvalue weighted by Gasteiger charge is 2.33. The average molecular weight is 943 g/mol. The Hall–Kier alpha value is -7.25. The second-order valence-electron chi connectivity index (χ2n) is 21.5. The number of benzene rings is 7. The zero-order chi connectivity index (χ0) is 50.0. The fourth-order valence-electron chi connectivity index (χ4n) is 10.6. The highest BCUT2D eigenvalue weighted by molar-refractivity contribution is 6.09. The highest BCUT2D eigenvalue weighted by atomic mass is 19.1. The third-order valence-corrected chi connectivity index (χ3v) is 14.3. The number of pyridine rings is 1. The zero-order valence-electron chi connectivity index (χ0n) is 42.9. The summed E-state index contributed by atoms with van der Waals surface area (Å²) in [6, 6.07) is 49.1. The van der Waals surface area contributed by atoms with Gasteiger partial charge in [-0.25, -0.2) is 13.8 Å². The van der Waals surface area contributed by atoms with Crippen LogP contribution in [0.25, 0.3) is 49.9 Å². The Kier molecular flexibility index (Phi) is 12.4. The molecule has 0 atom stereocenters. The molecular formula is C64H64F2N4O. The lowest BCUT2D eigenvalue weighted by Gasteiger charge is -2.30. The van der Waals surface area contributed by atoms with Crippen LogP contribution in [0.1, 0.15) is 128 Å². The maximum absolute atomic E-state index is 15.5. The van der Waals surface area contributed by atoms with Crippen LogP contribution in [0.2, 0.25) is 0 Å². The normalized spacial score (nSPS) is 13.0. The van der Waals surface area contributed by atoms with Crippen molar-refractivity contribution in [1.82, 2.24) is 9.55 Å². The van der Waals surface area contributed by atoms with Gasteiger partial charge in [-0.3, -0.25) is 4.57 Å². The van der Waals surface area contributed by atoms with Crippen molar-refractivity contribution in [2.45, 2.75) is 105 Å². The van der Waals surface area contributed by atoms with Crippen LogP contribution in [0, 0.1) is 11.6 Å². The van der Waals surface area contributed by atoms with Gasteiger partial charge in [0, 0.05) is 46.0 Å². The number of ether oxygens (including phenoxy) is 1. The van der Waals surface area contributed by atoms with Gasteiger partial charge in [-0.2, -0.15) is 0 Å². The Morgan fingerprint density at radius 3 is 1.83 bits per heavy atom. The van der Waals surface area contributed by atoms with Crippen molar-refractivity contribution >= 4 is 44.6 Å². The Morgan fingerprint density at radius 2 is 1.17 bits per heavy atom. The van der Waals surface area contributed by atoms with E-state index in [2.05, 4.69) is 218 Å². The molecule has 3 heterocycles. The second kappa shape index (κ2) is 18.5. The lowest BCUT2D eigenvalue weighted by molar-refractivity contribution is 0.483. The molecule has 0 radical (unpaired) electrons. The predicted octanol–water partition coefficient (Wildman–Crippen LogP) is 18.6. The fourth-order valence-corrected chi connectivity index (χ4v) is 10.6. The molecule has 2 aromatic heterocycles. The summed E-state index contributed by atoms with van der Waals surface area (Å²) < 4.78 is 39.6. The quantitative estimate of drug-likeness (QED) is 0.129. The van der Waals surface area contributed by atoms with Crippen molar-refractivity contribution in [1.29, 1.82) is 0 Å². The first-order valence-electron chi connectivity index (χ1n) is 25.2. The number of hydrogen-bond donors (Lipinski definition) is 0. The van der Waals surface area contributed by atoms with Crippen molar-refractivity contribution in [2.75, 3.05) is 16.5 Å². The van der Waals surface area contributed by atoms with Gasteiger partial charge in [0.25, 0.3) is 0 Å². The standard InChI is InChI=1S/C64H64F2N4O/c1-38(2)49-18-16-19-50(39(3)4)62(49)43-29-46(35-48(30-43)71-47-24-25-52-51-17-12-13-20-57(51)70(60(52)36-47)61-33-44(27-28-67-61)64(9,10)11)68-37-69(59-22-15-14-21-58(59)68)63-53(40(5)6)31-42(32-54(63)41(7)8)55-34-45(65)23-26-56(55)66/h12-36,38-41H,37H2,1-11H3. The minimum atomic E-state index is -0.461. The number of para-hydroxylation sites is 3. The molecule has 71 heavy (non-hydrogen) atoms. The minimum Gasteiger partial charge on any atom is -0.457 e. The summed E-state index contributed by atoms with van der Waals surface area (Å²) in [6.45, 7) is 25.0. The molecule has 0 saturated heterocycles. The topological polar surface area (TPSA) is 33.5 Å². The van der Waals surface area contributed by atoms with Gasteiger partial charge in [-0.05, 0) is 159 Å². The number of aromatic nitrogens is 2. The van der Waals surface area contributed by atoms with E-state index in [1.165, 1.54) is 40.5 Å². The molecule has 0 bridgehead atoms. The van der Waals surface area contributed by atoms with E-state index in [0.717, 1.165) is 78.6 Å². The molecule has 0 fully saturated rings. The van der Waals surface area contributed by atoms with Gasteiger partial charge in [0.15, 0.2) is 0 Å². The fraction of sp³-hybridized carbons (Fsp3) is 0.266. The molecule has 0 amide bonds. The number of halogens is 2. The molecule has 10 rings (SSSR count). The zero-order valence-corrected chi connectivity index (χ0v) is 42.9. The summed E-state index contributed by atoms with van der Waals surface area (Å²) in [5.74, 6) is 2.14. The number of nitrogens with zero attached hydrogens (tertiary/aromatic N) is 4. The summed E-state index contributed by atoms with van der Waals surface area (Å²) in [4.78, 5) is 9.74. The van der Waals surface area contributed by atoms with Crippen LogP contribution < -0.4 is 14.5 Å². The van der Waals surface area contributed by atoms with Crippen molar-refractivity contribution in [3.05, 3.63) is 191 Å². The lowest BCUT2D eigenvalue weighted by atomic mass is 9.85. The first-order valence-corrected chi connectivity index (χ1v) is 25.2. The second-order valence-corrected chi connectivity index (χ2v) is 21.5. The molecule has 9 aromatic rings. The van der Waals surface area contributed by atoms with Crippen LogP contribution in [0.15, 0.2) is 152 Å². The van der Waals surface area contributed by atoms with Gasteiger partial charge in [0.2, 0.25) is 0 Å². The third-order valence-electron chi connectivity index (χ3n) is 14.3. The van der Waals surface area contributed by atoms with E-state index >= 15 is 4.39 Å². The van der Waals surface area contributed by atoms with Gasteiger partial charge < -0.3 is 14.5 Å². The van der Waals surface area contributed by atoms with Gasteiger partial charge in [0.1, 0.15) is 35.6 Å². The first-order chi connectivity index (χ1) is 34.0. The molecule has 1 aliphatic rings. The Bertz CT molecular complexity index is 3430.